The van der Waals surface area contributed by atoms with Crippen LogP contribution in [-0.2, 0) is 4.79 Å². The van der Waals surface area contributed by atoms with Gasteiger partial charge in [-0.1, -0.05) is 18.2 Å². The van der Waals surface area contributed by atoms with E-state index in [1.165, 1.54) is 4.90 Å². The van der Waals surface area contributed by atoms with Gasteiger partial charge in [-0.25, -0.2) is 18.7 Å². The fraction of sp³-hybridized carbons (Fsp3) is 0.280. The highest BCUT2D eigenvalue weighted by Gasteiger charge is 2.32. The summed E-state index contributed by atoms with van der Waals surface area (Å²) in [5.74, 6) is -0.164. The lowest BCUT2D eigenvalue weighted by Crippen LogP contribution is -2.47. The minimum Gasteiger partial charge on any atom is -0.489 e. The van der Waals surface area contributed by atoms with Gasteiger partial charge in [-0.15, -0.1) is 0 Å². The number of hydrogen-bond acceptors (Lipinski definition) is 7. The Labute approximate surface area is 200 Å². The highest BCUT2D eigenvalue weighted by atomic mass is 19.3. The lowest BCUT2D eigenvalue weighted by Gasteiger charge is -2.33. The number of anilines is 2. The molecule has 2 aromatic carbocycles. The van der Waals surface area contributed by atoms with E-state index in [0.29, 0.717) is 41.4 Å². The zero-order chi connectivity index (χ0) is 24.8. The zero-order valence-corrected chi connectivity index (χ0v) is 18.6. The molecule has 1 atom stereocenters. The fourth-order valence-electron chi connectivity index (χ4n) is 3.78. The first-order valence-corrected chi connectivity index (χ1v) is 11.1. The number of benzene rings is 2. The summed E-state index contributed by atoms with van der Waals surface area (Å²) in [4.78, 5) is 21.9. The first kappa shape index (κ1) is 24.0. The Hall–Kier alpha value is -4.10. The van der Waals surface area contributed by atoms with Crippen LogP contribution in [0.1, 0.15) is 18.4 Å². The van der Waals surface area contributed by atoms with E-state index in [2.05, 4.69) is 21.4 Å². The van der Waals surface area contributed by atoms with Crippen molar-refractivity contribution in [1.29, 1.82) is 5.26 Å². The van der Waals surface area contributed by atoms with Gasteiger partial charge in [0.1, 0.15) is 17.9 Å². The Morgan fingerprint density at radius 3 is 2.60 bits per heavy atom. The fourth-order valence-corrected chi connectivity index (χ4v) is 3.78. The molecule has 35 heavy (non-hydrogen) atoms. The number of nitriles is 1. The molecule has 180 valence electrons. The van der Waals surface area contributed by atoms with Gasteiger partial charge in [0, 0.05) is 43.4 Å². The van der Waals surface area contributed by atoms with Crippen LogP contribution in [0, 0.1) is 11.3 Å². The average molecular weight is 479 g/mol. The number of aliphatic hydroxyl groups is 1. The molecule has 0 spiro atoms. The van der Waals surface area contributed by atoms with Crippen molar-refractivity contribution in [3.63, 3.8) is 0 Å². The second-order valence-corrected chi connectivity index (χ2v) is 8.00. The largest absolute Gasteiger partial charge is 0.489 e. The van der Waals surface area contributed by atoms with Crippen molar-refractivity contribution in [2.45, 2.75) is 31.5 Å². The van der Waals surface area contributed by atoms with E-state index in [0.717, 1.165) is 5.69 Å². The number of nitrogens with zero attached hydrogens (tertiary/aromatic N) is 4. The number of carbonyl (C=O) groups is 1. The highest BCUT2D eigenvalue weighted by Crippen LogP contribution is 2.28. The van der Waals surface area contributed by atoms with Crippen molar-refractivity contribution in [3.05, 3.63) is 66.4 Å². The third kappa shape index (κ3) is 5.88. The third-order valence-corrected chi connectivity index (χ3v) is 5.62. The Morgan fingerprint density at radius 1 is 1.17 bits per heavy atom. The van der Waals surface area contributed by atoms with Gasteiger partial charge in [0.05, 0.1) is 11.3 Å². The number of carbonyl (C=O) groups excluding carboxylic acids is 1. The van der Waals surface area contributed by atoms with Crippen molar-refractivity contribution in [2.24, 2.45) is 0 Å². The molecule has 2 N–H and O–H groups in total. The van der Waals surface area contributed by atoms with Crippen molar-refractivity contribution < 1.29 is 23.4 Å². The smallest absolute Gasteiger partial charge is 0.273 e. The number of halogens is 2. The number of hydrogen-bond donors (Lipinski definition) is 2. The maximum Gasteiger partial charge on any atom is 0.273 e. The van der Waals surface area contributed by atoms with Crippen LogP contribution in [-0.4, -0.2) is 57.6 Å². The normalized spacial score (nSPS) is 14.9. The molecule has 1 aliphatic heterocycles. The van der Waals surface area contributed by atoms with E-state index in [1.807, 2.05) is 30.3 Å². The number of likely N-dealkylation sites (tertiary alicyclic amines) is 1. The van der Waals surface area contributed by atoms with Crippen LogP contribution in [0.5, 0.6) is 5.75 Å². The number of nitrogens with one attached hydrogen (secondary N) is 1. The van der Waals surface area contributed by atoms with Gasteiger partial charge in [0.2, 0.25) is 5.95 Å². The summed E-state index contributed by atoms with van der Waals surface area (Å²) < 4.78 is 31.2. The Kier molecular flexibility index (Phi) is 7.48. The number of ether oxygens (including phenoxy) is 1. The number of amides is 1. The minimum atomic E-state index is -3.12. The number of aromatic nitrogens is 2. The van der Waals surface area contributed by atoms with Crippen LogP contribution in [0.25, 0.3) is 11.3 Å². The maximum atomic E-state index is 12.6. The van der Waals surface area contributed by atoms with E-state index in [1.54, 1.807) is 30.5 Å². The van der Waals surface area contributed by atoms with Gasteiger partial charge in [-0.2, -0.15) is 5.26 Å². The predicted molar refractivity (Wildman–Crippen MR) is 124 cm³/mol. The third-order valence-electron chi connectivity index (χ3n) is 5.62. The monoisotopic (exact) mass is 479 g/mol. The molecule has 1 saturated heterocycles. The SMILES string of the molecule is N#Cc1cc(-c2ccnc(Nc3ccccc3)n2)ccc1OC1CCN(C(=O)[C@H](O)C(F)F)CC1. The summed E-state index contributed by atoms with van der Waals surface area (Å²) in [6.07, 6.45) is -3.29. The van der Waals surface area contributed by atoms with Crippen LogP contribution in [0.15, 0.2) is 60.8 Å². The molecule has 1 amide bonds. The van der Waals surface area contributed by atoms with Crippen molar-refractivity contribution in [2.75, 3.05) is 18.4 Å². The molecule has 0 saturated carbocycles. The Morgan fingerprint density at radius 2 is 1.91 bits per heavy atom. The van der Waals surface area contributed by atoms with Gasteiger partial charge in [-0.05, 0) is 36.4 Å². The molecule has 0 bridgehead atoms. The van der Waals surface area contributed by atoms with Crippen molar-refractivity contribution >= 4 is 17.5 Å². The van der Waals surface area contributed by atoms with E-state index >= 15 is 0 Å². The van der Waals surface area contributed by atoms with Gasteiger partial charge in [0.25, 0.3) is 12.3 Å². The minimum absolute atomic E-state index is 0.186. The van der Waals surface area contributed by atoms with Gasteiger partial charge >= 0.3 is 0 Å². The number of rotatable bonds is 7. The molecular formula is C25H23F2N5O3. The molecule has 1 aromatic heterocycles. The first-order chi connectivity index (χ1) is 16.9. The van der Waals surface area contributed by atoms with Crippen LogP contribution in [0.4, 0.5) is 20.4 Å². The number of piperidine rings is 1. The molecule has 0 unspecified atom stereocenters. The molecule has 8 nitrogen and oxygen atoms in total. The Bertz CT molecular complexity index is 1210. The summed E-state index contributed by atoms with van der Waals surface area (Å²) in [6.45, 7) is 0.372. The summed E-state index contributed by atoms with van der Waals surface area (Å²) in [6, 6.07) is 18.6. The summed E-state index contributed by atoms with van der Waals surface area (Å²) in [7, 11) is 0. The number of alkyl halides is 2. The topological polar surface area (TPSA) is 111 Å². The lowest BCUT2D eigenvalue weighted by atomic mass is 10.1. The molecule has 10 heteroatoms. The molecule has 4 rings (SSSR count). The average Bonchev–Trinajstić information content (AvgIpc) is 2.89. The second-order valence-electron chi connectivity index (χ2n) is 8.00. The van der Waals surface area contributed by atoms with Gasteiger partial charge < -0.3 is 20.1 Å². The maximum absolute atomic E-state index is 12.6. The molecule has 0 aliphatic carbocycles. The summed E-state index contributed by atoms with van der Waals surface area (Å²) >= 11 is 0. The van der Waals surface area contributed by atoms with E-state index < -0.39 is 18.4 Å². The zero-order valence-electron chi connectivity index (χ0n) is 18.6. The second kappa shape index (κ2) is 10.9. The quantitative estimate of drug-likeness (QED) is 0.531. The molecule has 1 fully saturated rings. The molecule has 3 aromatic rings. The number of para-hydroxylation sites is 1. The lowest BCUT2D eigenvalue weighted by molar-refractivity contribution is -0.150. The van der Waals surface area contributed by atoms with Crippen molar-refractivity contribution in [3.8, 4) is 23.1 Å². The number of aliphatic hydroxyl groups excluding tert-OH is 1. The molecule has 2 heterocycles. The van der Waals surface area contributed by atoms with E-state index in [4.69, 9.17) is 4.74 Å². The van der Waals surface area contributed by atoms with Crippen LogP contribution >= 0.6 is 0 Å². The molecule has 1 aliphatic rings. The van der Waals surface area contributed by atoms with Crippen LogP contribution in [0.2, 0.25) is 0 Å². The predicted octanol–water partition coefficient (Wildman–Crippen LogP) is 3.75. The molecule has 0 radical (unpaired) electrons. The summed E-state index contributed by atoms with van der Waals surface area (Å²) in [5, 5.41) is 22.1. The van der Waals surface area contributed by atoms with Crippen molar-refractivity contribution in [1.82, 2.24) is 14.9 Å². The van der Waals surface area contributed by atoms with Crippen LogP contribution < -0.4 is 10.1 Å². The molecular weight excluding hydrogens is 456 g/mol. The Balaban J connectivity index is 1.42. The van der Waals surface area contributed by atoms with Gasteiger partial charge in [-0.3, -0.25) is 4.79 Å². The van der Waals surface area contributed by atoms with E-state index in [9.17, 15) is 23.9 Å². The standard InChI is InChI=1S/C25H23F2N5O3/c26-23(27)22(33)24(34)32-12-9-19(10-13-32)35-21-7-6-16(14-17(21)15-28)20-8-11-29-25(31-20)30-18-4-2-1-3-5-18/h1-8,11,14,19,22-23,33H,9-10,12-13H2,(H,29,30,31)/t22-/m1/s1. The van der Waals surface area contributed by atoms with Gasteiger partial charge in [0.15, 0.2) is 6.10 Å². The van der Waals surface area contributed by atoms with Crippen LogP contribution in [0.3, 0.4) is 0 Å². The van der Waals surface area contributed by atoms with E-state index in [-0.39, 0.29) is 19.2 Å². The highest BCUT2D eigenvalue weighted by molar-refractivity contribution is 5.81. The summed E-state index contributed by atoms with van der Waals surface area (Å²) in [5.41, 5.74) is 2.52. The first-order valence-electron chi connectivity index (χ1n) is 11.1.